The molecule has 0 aliphatic carbocycles. The third-order valence-electron chi connectivity index (χ3n) is 6.40. The van der Waals surface area contributed by atoms with Gasteiger partial charge in [-0.1, -0.05) is 60.7 Å². The first-order chi connectivity index (χ1) is 16.2. The Morgan fingerprint density at radius 2 is 1.48 bits per heavy atom. The van der Waals surface area contributed by atoms with Crippen LogP contribution in [-0.4, -0.2) is 34.8 Å². The van der Waals surface area contributed by atoms with Crippen molar-refractivity contribution in [1.82, 2.24) is 14.7 Å². The maximum absolute atomic E-state index is 13.2. The van der Waals surface area contributed by atoms with E-state index in [4.69, 9.17) is 5.10 Å². The average molecular weight is 439 g/mol. The lowest BCUT2D eigenvalue weighted by molar-refractivity contribution is 0.241. The molecule has 0 spiro atoms. The fraction of sp³-hybridized carbons (Fsp3) is 0.286. The van der Waals surface area contributed by atoms with Gasteiger partial charge in [-0.2, -0.15) is 5.10 Å². The summed E-state index contributed by atoms with van der Waals surface area (Å²) in [7, 11) is 2.03. The number of hydrogen-bond acceptors (Lipinski definition) is 4. The van der Waals surface area contributed by atoms with Gasteiger partial charge in [0.2, 0.25) is 0 Å². The summed E-state index contributed by atoms with van der Waals surface area (Å²) in [6.45, 7) is 3.48. The van der Waals surface area contributed by atoms with Gasteiger partial charge in [0, 0.05) is 36.3 Å². The van der Waals surface area contributed by atoms with Crippen molar-refractivity contribution in [2.24, 2.45) is 0 Å². The number of fused-ring (bicyclic) bond motifs is 1. The Bertz CT molecular complexity index is 1280. The average Bonchev–Trinajstić information content (AvgIpc) is 2.87. The molecule has 1 aliphatic rings. The van der Waals surface area contributed by atoms with Crippen LogP contribution in [0.5, 0.6) is 0 Å². The number of anilines is 1. The summed E-state index contributed by atoms with van der Waals surface area (Å²) in [5.41, 5.74) is 4.33. The normalized spacial score (nSPS) is 14.2. The van der Waals surface area contributed by atoms with Gasteiger partial charge in [-0.3, -0.25) is 9.69 Å². The third kappa shape index (κ3) is 4.69. The highest BCUT2D eigenvalue weighted by molar-refractivity contribution is 5.93. The van der Waals surface area contributed by atoms with Crippen molar-refractivity contribution in [2.75, 3.05) is 25.0 Å². The SMILES string of the molecule is CN(Cc1ccc(N2CCCCC2)cc1)Cn1nc(-c2ccccc2)c2ccccc2c1=O. The molecule has 5 heteroatoms. The summed E-state index contributed by atoms with van der Waals surface area (Å²) in [6.07, 6.45) is 3.90. The van der Waals surface area contributed by atoms with Crippen molar-refractivity contribution in [2.45, 2.75) is 32.5 Å². The van der Waals surface area contributed by atoms with Crippen LogP contribution in [0.2, 0.25) is 0 Å². The second-order valence-corrected chi connectivity index (χ2v) is 8.93. The predicted octanol–water partition coefficient (Wildman–Crippen LogP) is 5.14. The highest BCUT2D eigenvalue weighted by atomic mass is 16.1. The number of nitrogens with zero attached hydrogens (tertiary/aromatic N) is 4. The molecule has 0 bridgehead atoms. The summed E-state index contributed by atoms with van der Waals surface area (Å²) in [5.74, 6) is 0. The first-order valence-corrected chi connectivity index (χ1v) is 11.8. The molecule has 0 N–H and O–H groups in total. The molecule has 0 amide bonds. The van der Waals surface area contributed by atoms with Crippen LogP contribution in [0.3, 0.4) is 0 Å². The van der Waals surface area contributed by atoms with E-state index in [1.807, 2.05) is 61.6 Å². The van der Waals surface area contributed by atoms with Gasteiger partial charge in [-0.05, 0) is 50.1 Å². The van der Waals surface area contributed by atoms with Gasteiger partial charge >= 0.3 is 0 Å². The van der Waals surface area contributed by atoms with Crippen LogP contribution in [0.1, 0.15) is 24.8 Å². The zero-order chi connectivity index (χ0) is 22.6. The van der Waals surface area contributed by atoms with E-state index in [2.05, 4.69) is 34.1 Å². The Morgan fingerprint density at radius 3 is 2.21 bits per heavy atom. The molecule has 1 aliphatic heterocycles. The van der Waals surface area contributed by atoms with E-state index in [-0.39, 0.29) is 5.56 Å². The van der Waals surface area contributed by atoms with Gasteiger partial charge in [-0.25, -0.2) is 4.68 Å². The first kappa shape index (κ1) is 21.4. The quantitative estimate of drug-likeness (QED) is 0.418. The van der Waals surface area contributed by atoms with Gasteiger partial charge in [0.05, 0.1) is 17.7 Å². The zero-order valence-electron chi connectivity index (χ0n) is 19.2. The van der Waals surface area contributed by atoms with Gasteiger partial charge in [0.15, 0.2) is 0 Å². The number of benzene rings is 3. The minimum Gasteiger partial charge on any atom is -0.372 e. The van der Waals surface area contributed by atoms with E-state index in [1.54, 1.807) is 4.68 Å². The fourth-order valence-electron chi connectivity index (χ4n) is 4.69. The van der Waals surface area contributed by atoms with E-state index in [0.29, 0.717) is 12.1 Å². The van der Waals surface area contributed by atoms with Crippen LogP contribution in [0.25, 0.3) is 22.0 Å². The maximum atomic E-state index is 13.2. The van der Waals surface area contributed by atoms with E-state index >= 15 is 0 Å². The highest BCUT2D eigenvalue weighted by Gasteiger charge is 2.14. The molecule has 0 radical (unpaired) electrons. The lowest BCUT2D eigenvalue weighted by Gasteiger charge is -2.29. The number of piperidine rings is 1. The fourth-order valence-corrected chi connectivity index (χ4v) is 4.69. The van der Waals surface area contributed by atoms with Crippen molar-refractivity contribution in [3.05, 3.63) is 94.8 Å². The molecule has 33 heavy (non-hydrogen) atoms. The van der Waals surface area contributed by atoms with Gasteiger partial charge < -0.3 is 4.90 Å². The lowest BCUT2D eigenvalue weighted by Crippen LogP contribution is -2.32. The Labute approximate surface area is 194 Å². The molecule has 1 fully saturated rings. The predicted molar refractivity (Wildman–Crippen MR) is 135 cm³/mol. The third-order valence-corrected chi connectivity index (χ3v) is 6.40. The molecular weight excluding hydrogens is 408 g/mol. The maximum Gasteiger partial charge on any atom is 0.275 e. The molecule has 1 saturated heterocycles. The highest BCUT2D eigenvalue weighted by Crippen LogP contribution is 2.24. The van der Waals surface area contributed by atoms with E-state index in [9.17, 15) is 4.79 Å². The zero-order valence-corrected chi connectivity index (χ0v) is 19.2. The van der Waals surface area contributed by atoms with Crippen LogP contribution >= 0.6 is 0 Å². The molecule has 2 heterocycles. The molecule has 5 nitrogen and oxygen atoms in total. The van der Waals surface area contributed by atoms with Gasteiger partial charge in [-0.15, -0.1) is 0 Å². The molecular formula is C28H30N4O. The number of rotatable bonds is 6. The molecule has 1 aromatic heterocycles. The molecule has 5 rings (SSSR count). The van der Waals surface area contributed by atoms with Crippen molar-refractivity contribution in [3.8, 4) is 11.3 Å². The van der Waals surface area contributed by atoms with Crippen LogP contribution in [0, 0.1) is 0 Å². The largest absolute Gasteiger partial charge is 0.372 e. The summed E-state index contributed by atoms with van der Waals surface area (Å²) >= 11 is 0. The van der Waals surface area contributed by atoms with E-state index < -0.39 is 0 Å². The summed E-state index contributed by atoms with van der Waals surface area (Å²) in [5, 5.41) is 6.37. The molecule has 4 aromatic rings. The van der Waals surface area contributed by atoms with E-state index in [0.717, 1.165) is 36.3 Å². The van der Waals surface area contributed by atoms with Crippen LogP contribution in [-0.2, 0) is 13.2 Å². The molecule has 168 valence electrons. The summed E-state index contributed by atoms with van der Waals surface area (Å²) < 4.78 is 1.59. The molecule has 3 aromatic carbocycles. The topological polar surface area (TPSA) is 41.4 Å². The first-order valence-electron chi connectivity index (χ1n) is 11.8. The second kappa shape index (κ2) is 9.59. The van der Waals surface area contributed by atoms with Crippen molar-refractivity contribution in [3.63, 3.8) is 0 Å². The molecule has 0 unspecified atom stereocenters. The smallest absolute Gasteiger partial charge is 0.275 e. The summed E-state index contributed by atoms with van der Waals surface area (Å²) in [4.78, 5) is 17.8. The Hall–Kier alpha value is -3.44. The standard InChI is InChI=1S/C28H30N4O/c1-30(20-22-14-16-24(17-15-22)31-18-8-3-9-19-31)21-32-28(33)26-13-7-6-12-25(26)27(29-32)23-10-4-2-5-11-23/h2,4-7,10-17H,3,8-9,18-21H2,1H3. The minimum atomic E-state index is -0.0578. The van der Waals surface area contributed by atoms with Crippen LogP contribution in [0.15, 0.2) is 83.7 Å². The monoisotopic (exact) mass is 438 g/mol. The summed E-state index contributed by atoms with van der Waals surface area (Å²) in [6, 6.07) is 26.7. The van der Waals surface area contributed by atoms with E-state index in [1.165, 1.54) is 30.5 Å². The molecule has 0 atom stereocenters. The van der Waals surface area contributed by atoms with Crippen LogP contribution < -0.4 is 10.5 Å². The van der Waals surface area contributed by atoms with Crippen LogP contribution in [0.4, 0.5) is 5.69 Å². The second-order valence-electron chi connectivity index (χ2n) is 8.93. The number of aromatic nitrogens is 2. The number of hydrogen-bond donors (Lipinski definition) is 0. The Kier molecular flexibility index (Phi) is 6.22. The Balaban J connectivity index is 1.37. The van der Waals surface area contributed by atoms with Crippen molar-refractivity contribution < 1.29 is 0 Å². The van der Waals surface area contributed by atoms with Crippen molar-refractivity contribution in [1.29, 1.82) is 0 Å². The minimum absolute atomic E-state index is 0.0578. The van der Waals surface area contributed by atoms with Gasteiger partial charge in [0.25, 0.3) is 5.56 Å². The Morgan fingerprint density at radius 1 is 0.818 bits per heavy atom. The van der Waals surface area contributed by atoms with Gasteiger partial charge in [0.1, 0.15) is 0 Å². The van der Waals surface area contributed by atoms with Crippen molar-refractivity contribution >= 4 is 16.5 Å². The molecule has 0 saturated carbocycles. The lowest BCUT2D eigenvalue weighted by atomic mass is 10.1.